The number of allylic oxidation sites excluding steroid dienone is 1. The van der Waals surface area contributed by atoms with Crippen molar-refractivity contribution in [3.8, 4) is 16.9 Å². The van der Waals surface area contributed by atoms with E-state index >= 15 is 0 Å². The molecule has 208 valence electrons. The van der Waals surface area contributed by atoms with E-state index in [1.54, 1.807) is 6.07 Å². The number of fused-ring (bicyclic) bond motifs is 2. The summed E-state index contributed by atoms with van der Waals surface area (Å²) < 4.78 is 74.9. The molecule has 0 bridgehead atoms. The highest BCUT2D eigenvalue weighted by atomic mass is 32.2. The molecule has 0 spiro atoms. The van der Waals surface area contributed by atoms with E-state index in [1.807, 2.05) is 37.3 Å². The average molecular weight is 571 g/mol. The second-order valence-electron chi connectivity index (χ2n) is 9.54. The first-order chi connectivity index (χ1) is 18.8. The number of alkyl halides is 3. The Morgan fingerprint density at radius 3 is 2.55 bits per heavy atom. The Balaban J connectivity index is 1.48. The van der Waals surface area contributed by atoms with Crippen molar-refractivity contribution in [3.63, 3.8) is 0 Å². The minimum Gasteiger partial charge on any atom is -0.491 e. The summed E-state index contributed by atoms with van der Waals surface area (Å²) in [6, 6.07) is 13.6. The monoisotopic (exact) mass is 570 g/mol. The minimum atomic E-state index is -4.98. The van der Waals surface area contributed by atoms with Gasteiger partial charge in [0, 0.05) is 17.8 Å². The fourth-order valence-corrected chi connectivity index (χ4v) is 5.73. The maximum atomic E-state index is 14.0. The number of aromatic nitrogens is 2. The molecule has 0 aliphatic carbocycles. The molecular weight excluding hydrogens is 545 g/mol. The predicted molar refractivity (Wildman–Crippen MR) is 143 cm³/mol. The highest BCUT2D eigenvalue weighted by Crippen LogP contribution is 2.36. The number of imidazole rings is 1. The van der Waals surface area contributed by atoms with E-state index in [1.165, 1.54) is 11.8 Å². The standard InChI is InChI=1S/C28H25F3N4O4S/c1-16(2)34-40(37,38)21-6-7-22(23(14-21)28(29,30)31)27(36)35-10-11-39-26-9-5-18(12-20(26)15-35)19-4-8-24-25(13-19)33-17(3)32-24/h4-9,12-14,34H,1,10-11,15H2,2-3H3,(H,32,33). The normalized spacial score (nSPS) is 13.9. The Bertz CT molecular complexity index is 1760. The largest absolute Gasteiger partial charge is 0.491 e. The van der Waals surface area contributed by atoms with Crippen LogP contribution in [0.5, 0.6) is 5.75 Å². The maximum absolute atomic E-state index is 14.0. The molecule has 0 fully saturated rings. The molecule has 8 nitrogen and oxygen atoms in total. The van der Waals surface area contributed by atoms with Gasteiger partial charge in [-0.25, -0.2) is 13.4 Å². The number of H-pyrrole nitrogens is 1. The van der Waals surface area contributed by atoms with Crippen molar-refractivity contribution in [1.82, 2.24) is 19.6 Å². The van der Waals surface area contributed by atoms with Gasteiger partial charge in [-0.3, -0.25) is 9.52 Å². The van der Waals surface area contributed by atoms with Crippen molar-refractivity contribution >= 4 is 27.0 Å². The number of aryl methyl sites for hydroxylation is 1. The number of ether oxygens (including phenoxy) is 1. The number of nitrogens with zero attached hydrogens (tertiary/aromatic N) is 2. The molecule has 1 aliphatic rings. The number of hydrogen-bond acceptors (Lipinski definition) is 5. The van der Waals surface area contributed by atoms with Gasteiger partial charge in [-0.15, -0.1) is 0 Å². The lowest BCUT2D eigenvalue weighted by atomic mass is 10.0. The number of hydrogen-bond donors (Lipinski definition) is 2. The van der Waals surface area contributed by atoms with Gasteiger partial charge >= 0.3 is 6.18 Å². The second-order valence-corrected chi connectivity index (χ2v) is 11.2. The first-order valence-electron chi connectivity index (χ1n) is 12.2. The molecule has 1 aromatic heterocycles. The molecule has 0 atom stereocenters. The number of amides is 1. The molecule has 0 unspecified atom stereocenters. The van der Waals surface area contributed by atoms with Crippen molar-refractivity contribution in [2.75, 3.05) is 13.2 Å². The van der Waals surface area contributed by atoms with Gasteiger partial charge in [0.05, 0.1) is 33.6 Å². The average Bonchev–Trinajstić information content (AvgIpc) is 3.12. The quantitative estimate of drug-likeness (QED) is 0.334. The Kier molecular flexibility index (Phi) is 6.82. The first-order valence-corrected chi connectivity index (χ1v) is 13.7. The summed E-state index contributed by atoms with van der Waals surface area (Å²) in [7, 11) is -4.30. The molecule has 2 heterocycles. The van der Waals surface area contributed by atoms with Crippen LogP contribution in [0.2, 0.25) is 0 Å². The molecule has 4 aromatic rings. The number of nitrogens with one attached hydrogen (secondary N) is 2. The summed E-state index contributed by atoms with van der Waals surface area (Å²) in [6.07, 6.45) is -4.98. The van der Waals surface area contributed by atoms with Crippen molar-refractivity contribution < 1.29 is 31.1 Å². The Morgan fingerprint density at radius 2 is 1.82 bits per heavy atom. The summed E-state index contributed by atoms with van der Waals surface area (Å²) in [5, 5.41) is 0. The molecule has 12 heteroatoms. The van der Waals surface area contributed by atoms with Crippen LogP contribution in [-0.2, 0) is 22.7 Å². The third-order valence-electron chi connectivity index (χ3n) is 6.41. The van der Waals surface area contributed by atoms with Gasteiger partial charge in [-0.1, -0.05) is 18.7 Å². The fourth-order valence-electron chi connectivity index (χ4n) is 4.63. The number of sulfonamides is 1. The minimum absolute atomic E-state index is 0.00196. The first kappa shape index (κ1) is 27.3. The SMILES string of the molecule is C=C(C)NS(=O)(=O)c1ccc(C(=O)N2CCOc3ccc(-c4ccc5nc(C)[nH]c5c4)cc3C2)c(C(F)(F)F)c1. The summed E-state index contributed by atoms with van der Waals surface area (Å²) in [5.74, 6) is 0.425. The zero-order valence-corrected chi connectivity index (χ0v) is 22.4. The molecule has 0 saturated heterocycles. The lowest BCUT2D eigenvalue weighted by Crippen LogP contribution is -2.34. The van der Waals surface area contributed by atoms with Gasteiger partial charge in [-0.2, -0.15) is 13.2 Å². The van der Waals surface area contributed by atoms with Crippen LogP contribution in [0, 0.1) is 6.92 Å². The highest BCUT2D eigenvalue weighted by Gasteiger charge is 2.38. The van der Waals surface area contributed by atoms with Gasteiger partial charge in [0.2, 0.25) is 0 Å². The molecule has 2 N–H and O–H groups in total. The van der Waals surface area contributed by atoms with Crippen LogP contribution >= 0.6 is 0 Å². The topological polar surface area (TPSA) is 104 Å². The number of carbonyl (C=O) groups excluding carboxylic acids is 1. The second kappa shape index (κ2) is 10.0. The van der Waals surface area contributed by atoms with E-state index in [0.717, 1.165) is 40.1 Å². The predicted octanol–water partition coefficient (Wildman–Crippen LogP) is 5.40. The fraction of sp³-hybridized carbons (Fsp3) is 0.214. The van der Waals surface area contributed by atoms with E-state index in [2.05, 4.69) is 21.3 Å². The number of aromatic amines is 1. The number of rotatable bonds is 5. The van der Waals surface area contributed by atoms with Crippen molar-refractivity contribution in [3.05, 3.63) is 89.4 Å². The van der Waals surface area contributed by atoms with E-state index in [4.69, 9.17) is 4.74 Å². The van der Waals surface area contributed by atoms with Crippen molar-refractivity contribution in [2.45, 2.75) is 31.5 Å². The van der Waals surface area contributed by atoms with Gasteiger partial charge in [-0.05, 0) is 67.4 Å². The van der Waals surface area contributed by atoms with Gasteiger partial charge in [0.25, 0.3) is 15.9 Å². The zero-order chi connectivity index (χ0) is 28.8. The van der Waals surface area contributed by atoms with Crippen LogP contribution in [0.1, 0.15) is 34.2 Å². The molecule has 1 amide bonds. The van der Waals surface area contributed by atoms with Crippen LogP contribution in [0.25, 0.3) is 22.2 Å². The van der Waals surface area contributed by atoms with E-state index in [0.29, 0.717) is 17.4 Å². The third kappa shape index (κ3) is 5.39. The summed E-state index contributed by atoms with van der Waals surface area (Å²) >= 11 is 0. The van der Waals surface area contributed by atoms with Crippen LogP contribution in [0.3, 0.4) is 0 Å². The molecule has 40 heavy (non-hydrogen) atoms. The molecule has 0 saturated carbocycles. The van der Waals surface area contributed by atoms with Crippen molar-refractivity contribution in [2.24, 2.45) is 0 Å². The van der Waals surface area contributed by atoms with E-state index in [9.17, 15) is 26.4 Å². The Hall–Kier alpha value is -4.32. The van der Waals surface area contributed by atoms with Gasteiger partial charge < -0.3 is 14.6 Å². The number of benzene rings is 3. The molecule has 3 aromatic carbocycles. The lowest BCUT2D eigenvalue weighted by molar-refractivity contribution is -0.138. The van der Waals surface area contributed by atoms with E-state index in [-0.39, 0.29) is 25.4 Å². The maximum Gasteiger partial charge on any atom is 0.417 e. The van der Waals surface area contributed by atoms with Gasteiger partial charge in [0.15, 0.2) is 0 Å². The Morgan fingerprint density at radius 1 is 1.10 bits per heavy atom. The third-order valence-corrected chi connectivity index (χ3v) is 7.90. The van der Waals surface area contributed by atoms with Crippen LogP contribution < -0.4 is 9.46 Å². The van der Waals surface area contributed by atoms with Crippen LogP contribution in [-0.4, -0.2) is 42.3 Å². The van der Waals surface area contributed by atoms with Gasteiger partial charge in [0.1, 0.15) is 18.2 Å². The van der Waals surface area contributed by atoms with Crippen LogP contribution in [0.15, 0.2) is 71.8 Å². The van der Waals surface area contributed by atoms with Crippen molar-refractivity contribution in [1.29, 1.82) is 0 Å². The lowest BCUT2D eigenvalue weighted by Gasteiger charge is -2.23. The summed E-state index contributed by atoms with van der Waals surface area (Å²) in [5.41, 5.74) is 2.08. The smallest absolute Gasteiger partial charge is 0.417 e. The van der Waals surface area contributed by atoms with Crippen LogP contribution in [0.4, 0.5) is 13.2 Å². The summed E-state index contributed by atoms with van der Waals surface area (Å²) in [4.78, 5) is 21.7. The highest BCUT2D eigenvalue weighted by molar-refractivity contribution is 7.89. The zero-order valence-electron chi connectivity index (χ0n) is 21.6. The Labute approximate surface area is 228 Å². The molecule has 0 radical (unpaired) electrons. The molecular formula is C28H25F3N4O4S. The molecule has 5 rings (SSSR count). The number of carbonyl (C=O) groups is 1. The molecule has 1 aliphatic heterocycles. The number of halogens is 3. The summed E-state index contributed by atoms with van der Waals surface area (Å²) in [6.45, 7) is 6.76. The van der Waals surface area contributed by atoms with E-state index < -0.39 is 38.1 Å².